The topological polar surface area (TPSA) is 105 Å². The molecule has 1 atom stereocenters. The van der Waals surface area contributed by atoms with Crippen LogP contribution in [0.4, 0.5) is 11.4 Å². The van der Waals surface area contributed by atoms with E-state index in [2.05, 4.69) is 10.2 Å². The van der Waals surface area contributed by atoms with Crippen molar-refractivity contribution in [3.05, 3.63) is 83.4 Å². The Labute approximate surface area is 216 Å². The maximum absolute atomic E-state index is 14.0. The number of fused-ring (bicyclic) bond motifs is 3. The predicted molar refractivity (Wildman–Crippen MR) is 134 cm³/mol. The number of esters is 1. The molecule has 37 heavy (non-hydrogen) atoms. The zero-order valence-corrected chi connectivity index (χ0v) is 20.8. The number of ether oxygens (including phenoxy) is 4. The summed E-state index contributed by atoms with van der Waals surface area (Å²) in [4.78, 5) is 28.9. The highest BCUT2D eigenvalue weighted by molar-refractivity contribution is 6.31. The number of nitrogens with zero attached hydrogens (tertiary/aromatic N) is 4. The van der Waals surface area contributed by atoms with Gasteiger partial charge < -0.3 is 18.9 Å². The van der Waals surface area contributed by atoms with Crippen molar-refractivity contribution < 1.29 is 28.5 Å². The lowest BCUT2D eigenvalue weighted by Gasteiger charge is -2.25. The minimum absolute atomic E-state index is 0.0874. The van der Waals surface area contributed by atoms with E-state index < -0.39 is 18.0 Å². The summed E-state index contributed by atoms with van der Waals surface area (Å²) in [6.07, 6.45) is 0.0184. The zero-order chi connectivity index (χ0) is 26.1. The highest BCUT2D eigenvalue weighted by Gasteiger charge is 2.40. The van der Waals surface area contributed by atoms with E-state index in [1.165, 1.54) is 44.7 Å². The Balaban J connectivity index is 1.62. The van der Waals surface area contributed by atoms with Gasteiger partial charge in [0.2, 0.25) is 11.9 Å². The van der Waals surface area contributed by atoms with E-state index in [-0.39, 0.29) is 22.9 Å². The summed E-state index contributed by atoms with van der Waals surface area (Å²) in [7, 11) is 4.32. The molecule has 0 spiro atoms. The molecule has 0 saturated heterocycles. The number of methoxy groups -OCH3 is 3. The molecule has 1 unspecified atom stereocenters. The van der Waals surface area contributed by atoms with Gasteiger partial charge in [0, 0.05) is 10.7 Å². The molecule has 0 bridgehead atoms. The van der Waals surface area contributed by atoms with E-state index in [1.54, 1.807) is 47.0 Å². The van der Waals surface area contributed by atoms with Crippen LogP contribution in [0.25, 0.3) is 5.69 Å². The van der Waals surface area contributed by atoms with Crippen molar-refractivity contribution in [1.29, 1.82) is 0 Å². The second kappa shape index (κ2) is 9.82. The van der Waals surface area contributed by atoms with Gasteiger partial charge in [-0.2, -0.15) is 0 Å². The number of hydrogen-bond acceptors (Lipinski definition) is 8. The molecule has 5 rings (SSSR count). The van der Waals surface area contributed by atoms with Crippen molar-refractivity contribution in [2.45, 2.75) is 6.10 Å². The van der Waals surface area contributed by atoms with Gasteiger partial charge >= 0.3 is 5.97 Å². The van der Waals surface area contributed by atoms with Gasteiger partial charge in [0.05, 0.1) is 38.3 Å². The molecule has 2 heterocycles. The van der Waals surface area contributed by atoms with E-state index in [0.717, 1.165) is 0 Å². The van der Waals surface area contributed by atoms with Crippen LogP contribution in [0.1, 0.15) is 22.3 Å². The van der Waals surface area contributed by atoms with Gasteiger partial charge in [-0.15, -0.1) is 10.2 Å². The molecule has 4 aromatic rings. The van der Waals surface area contributed by atoms with Crippen molar-refractivity contribution in [3.63, 3.8) is 0 Å². The largest absolute Gasteiger partial charge is 0.493 e. The van der Waals surface area contributed by atoms with Crippen LogP contribution in [0.2, 0.25) is 5.02 Å². The number of hydrogen-bond donors (Lipinski definition) is 0. The number of halogens is 1. The van der Waals surface area contributed by atoms with Crippen LogP contribution in [0.3, 0.4) is 0 Å². The number of amides is 1. The first-order chi connectivity index (χ1) is 18.0. The summed E-state index contributed by atoms with van der Waals surface area (Å²) in [5.41, 5.74) is 1.72. The van der Waals surface area contributed by atoms with E-state index in [4.69, 9.17) is 30.5 Å². The highest BCUT2D eigenvalue weighted by Crippen LogP contribution is 2.41. The fraction of sp³-hybridized carbons (Fsp3) is 0.154. The standard InChI is InChI=1S/C26H21ClN4O6/c1-34-20-11-15(12-21(35-2)22(20)36-3)26(33)37-23-24-29-28-14-30(24)18-10-9-16(27)13-19(18)31(25(23)32)17-7-5-4-6-8-17/h4-14,23H,1-3H3. The van der Waals surface area contributed by atoms with Crippen molar-refractivity contribution in [2.75, 3.05) is 26.2 Å². The summed E-state index contributed by atoms with van der Waals surface area (Å²) in [6, 6.07) is 17.0. The average molecular weight is 521 g/mol. The third-order valence-electron chi connectivity index (χ3n) is 5.83. The van der Waals surface area contributed by atoms with Gasteiger partial charge in [0.25, 0.3) is 5.91 Å². The normalized spacial score (nSPS) is 14.3. The number of rotatable bonds is 6. The number of anilines is 2. The first-order valence-corrected chi connectivity index (χ1v) is 11.4. The molecular weight excluding hydrogens is 500 g/mol. The lowest BCUT2D eigenvalue weighted by atomic mass is 10.1. The zero-order valence-electron chi connectivity index (χ0n) is 20.0. The van der Waals surface area contributed by atoms with Crippen molar-refractivity contribution >= 4 is 34.9 Å². The molecule has 1 aromatic heterocycles. The fourth-order valence-electron chi connectivity index (χ4n) is 4.15. The number of carbonyl (C=O) groups excluding carboxylic acids is 2. The van der Waals surface area contributed by atoms with Crippen LogP contribution in [0.15, 0.2) is 67.0 Å². The van der Waals surface area contributed by atoms with Gasteiger partial charge in [-0.05, 0) is 42.5 Å². The molecule has 3 aromatic carbocycles. The highest BCUT2D eigenvalue weighted by atomic mass is 35.5. The number of aromatic nitrogens is 3. The van der Waals surface area contributed by atoms with Crippen molar-refractivity contribution in [3.8, 4) is 22.9 Å². The van der Waals surface area contributed by atoms with E-state index in [0.29, 0.717) is 27.8 Å². The van der Waals surface area contributed by atoms with E-state index in [1.807, 2.05) is 6.07 Å². The molecule has 0 radical (unpaired) electrons. The molecule has 0 aliphatic carbocycles. The Hall–Kier alpha value is -4.57. The second-order valence-corrected chi connectivity index (χ2v) is 8.34. The van der Waals surface area contributed by atoms with Gasteiger partial charge in [0.1, 0.15) is 6.33 Å². The SMILES string of the molecule is COc1cc(C(=O)OC2C(=O)N(c3ccccc3)c3cc(Cl)ccc3-n3cnnc32)cc(OC)c1OC. The second-order valence-electron chi connectivity index (χ2n) is 7.90. The molecule has 1 aliphatic heterocycles. The smallest absolute Gasteiger partial charge is 0.339 e. The van der Waals surface area contributed by atoms with Gasteiger partial charge in [-0.25, -0.2) is 4.79 Å². The number of carbonyl (C=O) groups is 2. The van der Waals surface area contributed by atoms with Gasteiger partial charge in [-0.1, -0.05) is 29.8 Å². The van der Waals surface area contributed by atoms with Crippen LogP contribution in [0, 0.1) is 0 Å². The van der Waals surface area contributed by atoms with Crippen LogP contribution < -0.4 is 19.1 Å². The summed E-state index contributed by atoms with van der Waals surface area (Å²) in [6.45, 7) is 0. The molecule has 11 heteroatoms. The summed E-state index contributed by atoms with van der Waals surface area (Å²) >= 11 is 6.32. The molecule has 10 nitrogen and oxygen atoms in total. The Morgan fingerprint density at radius 3 is 2.27 bits per heavy atom. The number of benzene rings is 3. The van der Waals surface area contributed by atoms with Gasteiger partial charge in [0.15, 0.2) is 17.3 Å². The fourth-order valence-corrected chi connectivity index (χ4v) is 4.32. The van der Waals surface area contributed by atoms with Crippen LogP contribution in [-0.4, -0.2) is 48.0 Å². The van der Waals surface area contributed by atoms with Gasteiger partial charge in [-0.3, -0.25) is 14.3 Å². The summed E-state index contributed by atoms with van der Waals surface area (Å²) in [5.74, 6) is -0.386. The Morgan fingerprint density at radius 1 is 0.919 bits per heavy atom. The molecule has 1 amide bonds. The predicted octanol–water partition coefficient (Wildman–Crippen LogP) is 4.52. The van der Waals surface area contributed by atoms with Crippen molar-refractivity contribution in [1.82, 2.24) is 14.8 Å². The maximum Gasteiger partial charge on any atom is 0.339 e. The number of para-hydroxylation sites is 1. The third-order valence-corrected chi connectivity index (χ3v) is 6.07. The Morgan fingerprint density at radius 2 is 1.62 bits per heavy atom. The average Bonchev–Trinajstić information content (AvgIpc) is 3.37. The molecule has 0 fully saturated rings. The summed E-state index contributed by atoms with van der Waals surface area (Å²) < 4.78 is 23.4. The minimum atomic E-state index is -1.43. The molecular formula is C26H21ClN4O6. The quantitative estimate of drug-likeness (QED) is 0.342. The van der Waals surface area contributed by atoms with Crippen LogP contribution >= 0.6 is 11.6 Å². The molecule has 188 valence electrons. The first kappa shape index (κ1) is 24.1. The van der Waals surface area contributed by atoms with Crippen molar-refractivity contribution in [2.24, 2.45) is 0 Å². The minimum Gasteiger partial charge on any atom is -0.493 e. The Bertz CT molecular complexity index is 1460. The maximum atomic E-state index is 14.0. The monoisotopic (exact) mass is 520 g/mol. The lowest BCUT2D eigenvalue weighted by Crippen LogP contribution is -2.33. The Kier molecular flexibility index (Phi) is 6.41. The molecule has 0 N–H and O–H groups in total. The van der Waals surface area contributed by atoms with E-state index in [9.17, 15) is 9.59 Å². The summed E-state index contributed by atoms with van der Waals surface area (Å²) in [5, 5.41) is 8.52. The lowest BCUT2D eigenvalue weighted by molar-refractivity contribution is -0.127. The van der Waals surface area contributed by atoms with Crippen LogP contribution in [0.5, 0.6) is 17.2 Å². The van der Waals surface area contributed by atoms with E-state index >= 15 is 0 Å². The van der Waals surface area contributed by atoms with Crippen LogP contribution in [-0.2, 0) is 9.53 Å². The molecule has 0 saturated carbocycles. The molecule has 1 aliphatic rings. The first-order valence-electron chi connectivity index (χ1n) is 11.1. The third kappa shape index (κ3) is 4.21.